The summed E-state index contributed by atoms with van der Waals surface area (Å²) in [6.07, 6.45) is 2.94. The summed E-state index contributed by atoms with van der Waals surface area (Å²) in [6.45, 7) is 0. The summed E-state index contributed by atoms with van der Waals surface area (Å²) >= 11 is 0. The summed E-state index contributed by atoms with van der Waals surface area (Å²) in [5.41, 5.74) is 4.12. The molecule has 0 saturated heterocycles. The van der Waals surface area contributed by atoms with Gasteiger partial charge in [0, 0.05) is 23.6 Å². The molecule has 0 aliphatic carbocycles. The Morgan fingerprint density at radius 2 is 1.59 bits per heavy atom. The smallest absolute Gasteiger partial charge is 0.175 e. The normalized spacial score (nSPS) is 11.6. The monoisotopic (exact) mass is 379 g/mol. The van der Waals surface area contributed by atoms with E-state index in [-0.39, 0.29) is 0 Å². The molecule has 6 nitrogen and oxygen atoms in total. The lowest BCUT2D eigenvalue weighted by Gasteiger charge is -2.03. The second-order valence-electron chi connectivity index (χ2n) is 6.20. The second kappa shape index (κ2) is 6.51. The van der Waals surface area contributed by atoms with Crippen LogP contribution in [0.1, 0.15) is 0 Å². The van der Waals surface area contributed by atoms with Gasteiger partial charge in [-0.25, -0.2) is 18.4 Å². The Hall–Kier alpha value is -3.19. The standard InChI is InChI=1S/C20H17N3O3S/c1-26-16-7-3-14(4-8-16)19-22-18-11-15(12-21-20(18)23-19)13-5-9-17(10-6-13)27(2,24)25/h3-12H,1-2H3,(H,21,22,23). The highest BCUT2D eigenvalue weighted by molar-refractivity contribution is 7.90. The van der Waals surface area contributed by atoms with Gasteiger partial charge in [0.05, 0.1) is 12.0 Å². The van der Waals surface area contributed by atoms with Crippen LogP contribution >= 0.6 is 0 Å². The predicted octanol–water partition coefficient (Wildman–Crippen LogP) is 3.70. The molecule has 0 fully saturated rings. The lowest BCUT2D eigenvalue weighted by atomic mass is 10.1. The van der Waals surface area contributed by atoms with Crippen LogP contribution in [0.5, 0.6) is 5.75 Å². The number of hydrogen-bond donors (Lipinski definition) is 1. The van der Waals surface area contributed by atoms with Gasteiger partial charge in [-0.05, 0) is 48.0 Å². The van der Waals surface area contributed by atoms with Gasteiger partial charge in [-0.15, -0.1) is 0 Å². The molecule has 2 aromatic heterocycles. The van der Waals surface area contributed by atoms with Crippen molar-refractivity contribution in [1.82, 2.24) is 15.0 Å². The highest BCUT2D eigenvalue weighted by Gasteiger charge is 2.10. The number of ether oxygens (including phenoxy) is 1. The Bertz CT molecular complexity index is 1210. The number of hydrogen-bond acceptors (Lipinski definition) is 5. The first kappa shape index (κ1) is 17.2. The second-order valence-corrected chi connectivity index (χ2v) is 8.22. The van der Waals surface area contributed by atoms with Gasteiger partial charge in [0.15, 0.2) is 15.5 Å². The Kier molecular flexibility index (Phi) is 4.16. The lowest BCUT2D eigenvalue weighted by Crippen LogP contribution is -1.96. The Morgan fingerprint density at radius 3 is 2.22 bits per heavy atom. The van der Waals surface area contributed by atoms with Crippen molar-refractivity contribution in [1.29, 1.82) is 0 Å². The summed E-state index contributed by atoms with van der Waals surface area (Å²) in [5, 5.41) is 0. The third kappa shape index (κ3) is 3.41. The highest BCUT2D eigenvalue weighted by atomic mass is 32.2. The van der Waals surface area contributed by atoms with Crippen molar-refractivity contribution in [3.63, 3.8) is 0 Å². The molecule has 0 amide bonds. The molecular weight excluding hydrogens is 362 g/mol. The minimum atomic E-state index is -3.21. The SMILES string of the molecule is COc1ccc(-c2nc3cc(-c4ccc(S(C)(=O)=O)cc4)cnc3[nH]2)cc1. The van der Waals surface area contributed by atoms with E-state index in [1.54, 1.807) is 37.6 Å². The zero-order chi connectivity index (χ0) is 19.0. The van der Waals surface area contributed by atoms with E-state index in [1.807, 2.05) is 30.3 Å². The Balaban J connectivity index is 1.70. The first-order chi connectivity index (χ1) is 12.9. The summed E-state index contributed by atoms with van der Waals surface area (Å²) in [7, 11) is -1.58. The molecule has 4 aromatic rings. The van der Waals surface area contributed by atoms with Crippen molar-refractivity contribution >= 4 is 21.0 Å². The van der Waals surface area contributed by atoms with Crippen LogP contribution in [0.3, 0.4) is 0 Å². The van der Waals surface area contributed by atoms with Gasteiger partial charge >= 0.3 is 0 Å². The predicted molar refractivity (Wildman–Crippen MR) is 104 cm³/mol. The van der Waals surface area contributed by atoms with Gasteiger partial charge in [-0.1, -0.05) is 12.1 Å². The fourth-order valence-corrected chi connectivity index (χ4v) is 3.46. The molecule has 0 spiro atoms. The molecule has 7 heteroatoms. The number of imidazole rings is 1. The average molecular weight is 379 g/mol. The number of H-pyrrole nitrogens is 1. The minimum Gasteiger partial charge on any atom is -0.497 e. The van der Waals surface area contributed by atoms with Gasteiger partial charge < -0.3 is 9.72 Å². The molecule has 2 heterocycles. The maximum absolute atomic E-state index is 11.6. The third-order valence-corrected chi connectivity index (χ3v) is 5.44. The minimum absolute atomic E-state index is 0.293. The Labute approximate surface area is 156 Å². The number of rotatable bonds is 4. The fourth-order valence-electron chi connectivity index (χ4n) is 2.83. The van der Waals surface area contributed by atoms with E-state index in [2.05, 4.69) is 15.0 Å². The van der Waals surface area contributed by atoms with Crippen LogP contribution in [-0.2, 0) is 9.84 Å². The van der Waals surface area contributed by atoms with Crippen LogP contribution in [-0.4, -0.2) is 36.7 Å². The van der Waals surface area contributed by atoms with Crippen molar-refractivity contribution in [3.8, 4) is 28.3 Å². The summed E-state index contributed by atoms with van der Waals surface area (Å²) in [4.78, 5) is 12.6. The molecule has 1 N–H and O–H groups in total. The van der Waals surface area contributed by atoms with Gasteiger partial charge in [0.1, 0.15) is 17.1 Å². The van der Waals surface area contributed by atoms with Crippen LogP contribution in [0.4, 0.5) is 0 Å². The summed E-state index contributed by atoms with van der Waals surface area (Å²) in [5.74, 6) is 1.51. The number of sulfone groups is 1. The molecule has 0 aliphatic heterocycles. The molecule has 4 rings (SSSR count). The van der Waals surface area contributed by atoms with Crippen molar-refractivity contribution in [2.24, 2.45) is 0 Å². The maximum Gasteiger partial charge on any atom is 0.175 e. The lowest BCUT2D eigenvalue weighted by molar-refractivity contribution is 0.415. The quantitative estimate of drug-likeness (QED) is 0.584. The summed E-state index contributed by atoms with van der Waals surface area (Å²) < 4.78 is 28.4. The molecule has 0 radical (unpaired) electrons. The van der Waals surface area contributed by atoms with Crippen molar-refractivity contribution in [2.45, 2.75) is 4.90 Å². The number of pyridine rings is 1. The fraction of sp³-hybridized carbons (Fsp3) is 0.100. The van der Waals surface area contributed by atoms with E-state index < -0.39 is 9.84 Å². The van der Waals surface area contributed by atoms with Crippen LogP contribution < -0.4 is 4.74 Å². The topological polar surface area (TPSA) is 84.9 Å². The number of nitrogens with one attached hydrogen (secondary N) is 1. The first-order valence-electron chi connectivity index (χ1n) is 8.25. The molecule has 0 bridgehead atoms. The zero-order valence-electron chi connectivity index (χ0n) is 14.8. The van der Waals surface area contributed by atoms with E-state index in [9.17, 15) is 8.42 Å². The number of fused-ring (bicyclic) bond motifs is 1. The molecule has 0 atom stereocenters. The van der Waals surface area contributed by atoms with Gasteiger partial charge in [-0.3, -0.25) is 0 Å². The Morgan fingerprint density at radius 1 is 0.926 bits per heavy atom. The molecule has 27 heavy (non-hydrogen) atoms. The first-order valence-corrected chi connectivity index (χ1v) is 10.1. The van der Waals surface area contributed by atoms with E-state index >= 15 is 0 Å². The zero-order valence-corrected chi connectivity index (χ0v) is 15.6. The van der Waals surface area contributed by atoms with E-state index in [1.165, 1.54) is 6.26 Å². The average Bonchev–Trinajstić information content (AvgIpc) is 3.11. The third-order valence-electron chi connectivity index (χ3n) is 4.32. The molecule has 0 aliphatic rings. The number of nitrogens with zero attached hydrogens (tertiary/aromatic N) is 2. The summed E-state index contributed by atoms with van der Waals surface area (Å²) in [6, 6.07) is 16.3. The van der Waals surface area contributed by atoms with Crippen molar-refractivity contribution in [3.05, 3.63) is 60.8 Å². The van der Waals surface area contributed by atoms with E-state index in [0.29, 0.717) is 10.5 Å². The largest absolute Gasteiger partial charge is 0.497 e. The van der Waals surface area contributed by atoms with Crippen LogP contribution in [0.25, 0.3) is 33.7 Å². The van der Waals surface area contributed by atoms with Crippen LogP contribution in [0, 0.1) is 0 Å². The molecule has 2 aromatic carbocycles. The van der Waals surface area contributed by atoms with Crippen LogP contribution in [0.15, 0.2) is 65.7 Å². The molecule has 0 saturated carbocycles. The van der Waals surface area contributed by atoms with Crippen LogP contribution in [0.2, 0.25) is 0 Å². The van der Waals surface area contributed by atoms with Crippen molar-refractivity contribution < 1.29 is 13.2 Å². The molecular formula is C20H17N3O3S. The van der Waals surface area contributed by atoms with Gasteiger partial charge in [0.25, 0.3) is 0 Å². The molecule has 136 valence electrons. The van der Waals surface area contributed by atoms with E-state index in [4.69, 9.17) is 4.74 Å². The highest BCUT2D eigenvalue weighted by Crippen LogP contribution is 2.26. The number of aromatic amines is 1. The van der Waals surface area contributed by atoms with Gasteiger partial charge in [0.2, 0.25) is 0 Å². The van der Waals surface area contributed by atoms with Crippen molar-refractivity contribution in [2.75, 3.05) is 13.4 Å². The molecule has 0 unspecified atom stereocenters. The number of aromatic nitrogens is 3. The number of methoxy groups -OCH3 is 1. The maximum atomic E-state index is 11.6. The van der Waals surface area contributed by atoms with E-state index in [0.717, 1.165) is 33.8 Å². The number of benzene rings is 2. The van der Waals surface area contributed by atoms with Gasteiger partial charge in [-0.2, -0.15) is 0 Å².